The van der Waals surface area contributed by atoms with E-state index in [-0.39, 0.29) is 30.3 Å². The average Bonchev–Trinajstić information content (AvgIpc) is 2.41. The largest absolute Gasteiger partial charge is 0.328 e. The van der Waals surface area contributed by atoms with E-state index in [4.69, 9.17) is 5.73 Å². The van der Waals surface area contributed by atoms with Crippen molar-refractivity contribution in [2.45, 2.75) is 25.8 Å². The Labute approximate surface area is 136 Å². The first-order valence-electron chi connectivity index (χ1n) is 7.18. The fourth-order valence-corrected chi connectivity index (χ4v) is 2.39. The van der Waals surface area contributed by atoms with Gasteiger partial charge in [-0.3, -0.25) is 14.5 Å². The number of benzene rings is 1. The van der Waals surface area contributed by atoms with E-state index in [1.54, 1.807) is 24.3 Å². The number of hydrogen-bond acceptors (Lipinski definition) is 4. The Bertz CT molecular complexity index is 516. The van der Waals surface area contributed by atoms with Gasteiger partial charge in [-0.15, -0.1) is 12.4 Å². The molecule has 0 saturated carbocycles. The van der Waals surface area contributed by atoms with E-state index >= 15 is 0 Å². The molecule has 1 aliphatic rings. The van der Waals surface area contributed by atoms with Gasteiger partial charge in [0.1, 0.15) is 0 Å². The molecule has 4 N–H and O–H groups in total. The van der Waals surface area contributed by atoms with Crippen LogP contribution < -0.4 is 16.4 Å². The second-order valence-corrected chi connectivity index (χ2v) is 5.42. The van der Waals surface area contributed by atoms with Gasteiger partial charge in [0.15, 0.2) is 0 Å². The fraction of sp³-hybridized carbons (Fsp3) is 0.467. The summed E-state index contributed by atoms with van der Waals surface area (Å²) in [5.74, 6) is -0.187. The highest BCUT2D eigenvalue weighted by Gasteiger charge is 2.18. The van der Waals surface area contributed by atoms with Gasteiger partial charge in [0.05, 0.1) is 6.54 Å². The van der Waals surface area contributed by atoms with Crippen LogP contribution in [0.15, 0.2) is 24.3 Å². The van der Waals surface area contributed by atoms with Crippen molar-refractivity contribution in [2.75, 3.05) is 30.3 Å². The zero-order chi connectivity index (χ0) is 15.2. The lowest BCUT2D eigenvalue weighted by molar-refractivity contribution is -0.117. The number of nitrogens with zero attached hydrogens (tertiary/aromatic N) is 1. The molecule has 122 valence electrons. The standard InChI is InChI=1S/C15H22N4O2.ClH/c1-11(20)17-13-3-2-4-14(9-13)18-15(21)10-19-7-5-12(16)6-8-19;/h2-4,9,12H,5-8,10,16H2,1H3,(H,17,20)(H,18,21);1H. The van der Waals surface area contributed by atoms with Gasteiger partial charge in [0.25, 0.3) is 0 Å². The lowest BCUT2D eigenvalue weighted by Crippen LogP contribution is -2.43. The lowest BCUT2D eigenvalue weighted by Gasteiger charge is -2.29. The predicted molar refractivity (Wildman–Crippen MR) is 90.3 cm³/mol. The van der Waals surface area contributed by atoms with Crippen molar-refractivity contribution < 1.29 is 9.59 Å². The molecule has 1 saturated heterocycles. The van der Waals surface area contributed by atoms with Crippen molar-refractivity contribution in [3.8, 4) is 0 Å². The van der Waals surface area contributed by atoms with Gasteiger partial charge < -0.3 is 16.4 Å². The van der Waals surface area contributed by atoms with Gasteiger partial charge in [0.2, 0.25) is 11.8 Å². The van der Waals surface area contributed by atoms with Gasteiger partial charge in [-0.2, -0.15) is 0 Å². The van der Waals surface area contributed by atoms with E-state index in [0.29, 0.717) is 17.9 Å². The third-order valence-electron chi connectivity index (χ3n) is 3.47. The quantitative estimate of drug-likeness (QED) is 0.781. The molecule has 1 fully saturated rings. The molecule has 22 heavy (non-hydrogen) atoms. The van der Waals surface area contributed by atoms with Crippen LogP contribution in [0, 0.1) is 0 Å². The molecule has 0 unspecified atom stereocenters. The fourth-order valence-electron chi connectivity index (χ4n) is 2.39. The molecule has 7 heteroatoms. The van der Waals surface area contributed by atoms with Gasteiger partial charge in [-0.25, -0.2) is 0 Å². The molecule has 0 atom stereocenters. The van der Waals surface area contributed by atoms with E-state index < -0.39 is 0 Å². The number of carbonyl (C=O) groups excluding carboxylic acids is 2. The first kappa shape index (κ1) is 18.4. The van der Waals surface area contributed by atoms with Crippen LogP contribution in [0.4, 0.5) is 11.4 Å². The van der Waals surface area contributed by atoms with E-state index in [2.05, 4.69) is 15.5 Å². The van der Waals surface area contributed by atoms with Crippen LogP contribution in [0.2, 0.25) is 0 Å². The molecule has 0 radical (unpaired) electrons. The molecule has 2 amide bonds. The third-order valence-corrected chi connectivity index (χ3v) is 3.47. The average molecular weight is 327 g/mol. The van der Waals surface area contributed by atoms with Crippen LogP contribution in [0.1, 0.15) is 19.8 Å². The summed E-state index contributed by atoms with van der Waals surface area (Å²) in [5.41, 5.74) is 7.20. The number of anilines is 2. The summed E-state index contributed by atoms with van der Waals surface area (Å²) in [6.07, 6.45) is 1.87. The van der Waals surface area contributed by atoms with E-state index in [9.17, 15) is 9.59 Å². The van der Waals surface area contributed by atoms with Gasteiger partial charge in [0, 0.05) is 37.4 Å². The van der Waals surface area contributed by atoms with Gasteiger partial charge >= 0.3 is 0 Å². The Morgan fingerprint density at radius 1 is 1.23 bits per heavy atom. The number of halogens is 1. The highest BCUT2D eigenvalue weighted by atomic mass is 35.5. The number of rotatable bonds is 4. The van der Waals surface area contributed by atoms with Crippen molar-refractivity contribution in [3.63, 3.8) is 0 Å². The second-order valence-electron chi connectivity index (χ2n) is 5.42. The number of hydrogen-bond donors (Lipinski definition) is 3. The lowest BCUT2D eigenvalue weighted by atomic mass is 10.1. The Morgan fingerprint density at radius 2 is 1.82 bits per heavy atom. The summed E-state index contributed by atoms with van der Waals surface area (Å²) < 4.78 is 0. The highest BCUT2D eigenvalue weighted by molar-refractivity contribution is 5.94. The maximum atomic E-state index is 12.0. The summed E-state index contributed by atoms with van der Waals surface area (Å²) in [5, 5.41) is 5.54. The number of nitrogens with one attached hydrogen (secondary N) is 2. The Hall–Kier alpha value is -1.63. The Balaban J connectivity index is 0.00000242. The zero-order valence-electron chi connectivity index (χ0n) is 12.7. The molecule has 6 nitrogen and oxygen atoms in total. The predicted octanol–water partition coefficient (Wildman–Crippen LogP) is 1.43. The van der Waals surface area contributed by atoms with Crippen molar-refractivity contribution in [1.29, 1.82) is 0 Å². The van der Waals surface area contributed by atoms with E-state index in [0.717, 1.165) is 25.9 Å². The van der Waals surface area contributed by atoms with Crippen LogP contribution in [-0.4, -0.2) is 42.4 Å². The molecule has 0 bridgehead atoms. The molecule has 2 rings (SSSR count). The number of piperidine rings is 1. The van der Waals surface area contributed by atoms with Crippen LogP contribution in [0.25, 0.3) is 0 Å². The first-order chi connectivity index (χ1) is 10.0. The summed E-state index contributed by atoms with van der Waals surface area (Å²) in [4.78, 5) is 25.2. The Kier molecular flexibility index (Phi) is 7.31. The molecule has 1 aliphatic heterocycles. The Morgan fingerprint density at radius 3 is 2.41 bits per heavy atom. The first-order valence-corrected chi connectivity index (χ1v) is 7.18. The molecule has 0 aromatic heterocycles. The number of amides is 2. The van der Waals surface area contributed by atoms with Crippen molar-refractivity contribution >= 4 is 35.6 Å². The maximum absolute atomic E-state index is 12.0. The minimum Gasteiger partial charge on any atom is -0.328 e. The normalized spacial score (nSPS) is 15.7. The topological polar surface area (TPSA) is 87.5 Å². The molecular formula is C15H23ClN4O2. The second kappa shape index (κ2) is 8.73. The van der Waals surface area contributed by atoms with Crippen LogP contribution in [-0.2, 0) is 9.59 Å². The molecule has 0 aliphatic carbocycles. The van der Waals surface area contributed by atoms with Crippen molar-refractivity contribution in [3.05, 3.63) is 24.3 Å². The van der Waals surface area contributed by atoms with E-state index in [1.165, 1.54) is 6.92 Å². The molecule has 1 heterocycles. The zero-order valence-corrected chi connectivity index (χ0v) is 13.5. The number of likely N-dealkylation sites (tertiary alicyclic amines) is 1. The number of nitrogens with two attached hydrogens (primary N) is 1. The minimum absolute atomic E-state index is 0. The van der Waals surface area contributed by atoms with Crippen LogP contribution in [0.5, 0.6) is 0 Å². The summed E-state index contributed by atoms with van der Waals surface area (Å²) in [6.45, 7) is 3.55. The molecular weight excluding hydrogens is 304 g/mol. The molecule has 0 spiro atoms. The van der Waals surface area contributed by atoms with Crippen LogP contribution >= 0.6 is 12.4 Å². The monoisotopic (exact) mass is 326 g/mol. The highest BCUT2D eigenvalue weighted by Crippen LogP contribution is 2.15. The van der Waals surface area contributed by atoms with Gasteiger partial charge in [-0.1, -0.05) is 6.07 Å². The van der Waals surface area contributed by atoms with Crippen molar-refractivity contribution in [1.82, 2.24) is 4.90 Å². The molecule has 1 aromatic carbocycles. The summed E-state index contributed by atoms with van der Waals surface area (Å²) in [7, 11) is 0. The van der Waals surface area contributed by atoms with E-state index in [1.807, 2.05) is 0 Å². The van der Waals surface area contributed by atoms with Gasteiger partial charge in [-0.05, 0) is 31.0 Å². The molecule has 1 aromatic rings. The third kappa shape index (κ3) is 6.01. The van der Waals surface area contributed by atoms with Crippen molar-refractivity contribution in [2.24, 2.45) is 5.73 Å². The summed E-state index contributed by atoms with van der Waals surface area (Å²) >= 11 is 0. The number of carbonyl (C=O) groups is 2. The maximum Gasteiger partial charge on any atom is 0.238 e. The SMILES string of the molecule is CC(=O)Nc1cccc(NC(=O)CN2CCC(N)CC2)c1.Cl. The summed E-state index contributed by atoms with van der Waals surface area (Å²) in [6, 6.07) is 7.38. The smallest absolute Gasteiger partial charge is 0.238 e. The minimum atomic E-state index is -0.136. The van der Waals surface area contributed by atoms with Crippen LogP contribution in [0.3, 0.4) is 0 Å².